The van der Waals surface area contributed by atoms with E-state index in [0.29, 0.717) is 0 Å². The van der Waals surface area contributed by atoms with Gasteiger partial charge in [0, 0.05) is 45.0 Å². The van der Waals surface area contributed by atoms with Crippen LogP contribution in [0.2, 0.25) is 0 Å². The van der Waals surface area contributed by atoms with Gasteiger partial charge in [-0.25, -0.2) is 0 Å². The Kier molecular flexibility index (Phi) is 4.95. The van der Waals surface area contributed by atoms with Gasteiger partial charge in [0.2, 0.25) is 0 Å². The Hall–Kier alpha value is -5.02. The van der Waals surface area contributed by atoms with E-state index in [-0.39, 0.29) is 6.04 Å². The van der Waals surface area contributed by atoms with Gasteiger partial charge in [-0.1, -0.05) is 84.9 Å². The molecule has 1 aliphatic rings. The molecule has 0 saturated carbocycles. The fourth-order valence-corrected chi connectivity index (χ4v) is 6.28. The maximum absolute atomic E-state index is 3.77. The molecule has 39 heavy (non-hydrogen) atoms. The highest BCUT2D eigenvalue weighted by molar-refractivity contribution is 6.10. The number of nitrogens with one attached hydrogen (secondary N) is 1. The van der Waals surface area contributed by atoms with Crippen LogP contribution in [0.1, 0.15) is 6.42 Å². The quantitative estimate of drug-likeness (QED) is 0.255. The van der Waals surface area contributed by atoms with Gasteiger partial charge in [0.25, 0.3) is 0 Å². The molecule has 5 aromatic carbocycles. The van der Waals surface area contributed by atoms with Crippen molar-refractivity contribution in [2.75, 3.05) is 5.32 Å². The van der Waals surface area contributed by atoms with Crippen molar-refractivity contribution in [1.29, 1.82) is 0 Å². The van der Waals surface area contributed by atoms with E-state index in [1.807, 2.05) is 0 Å². The van der Waals surface area contributed by atoms with E-state index >= 15 is 0 Å². The normalized spacial score (nSPS) is 15.4. The Morgan fingerprint density at radius 1 is 0.513 bits per heavy atom. The summed E-state index contributed by atoms with van der Waals surface area (Å²) in [5.74, 6) is 0. The molecule has 1 aliphatic carbocycles. The first-order chi connectivity index (χ1) is 19.3. The van der Waals surface area contributed by atoms with Gasteiger partial charge in [-0.3, -0.25) is 0 Å². The molecule has 0 saturated heterocycles. The standard InChI is InChI=1S/C36H27N3/c1-5-16-33-29(12-1)30-13-2-6-17-34(30)38(33)27-22-20-25(21-23-27)37-26-10-9-11-28(24-26)39-35-18-7-3-14-31(35)32-15-4-8-19-36(32)39/h1-23,26,37H,24H2. The number of allylic oxidation sites excluding steroid dienone is 2. The number of anilines is 1. The van der Waals surface area contributed by atoms with Crippen molar-refractivity contribution < 1.29 is 0 Å². The number of fused-ring (bicyclic) bond motifs is 6. The van der Waals surface area contributed by atoms with Crippen molar-refractivity contribution in [2.45, 2.75) is 12.5 Å². The predicted molar refractivity (Wildman–Crippen MR) is 166 cm³/mol. The average Bonchev–Trinajstić information content (AvgIpc) is 3.51. The highest BCUT2D eigenvalue weighted by Crippen LogP contribution is 2.35. The summed E-state index contributed by atoms with van der Waals surface area (Å²) in [6, 6.07) is 43.8. The first-order valence-electron chi connectivity index (χ1n) is 13.6. The van der Waals surface area contributed by atoms with Gasteiger partial charge in [-0.2, -0.15) is 0 Å². The van der Waals surface area contributed by atoms with E-state index < -0.39 is 0 Å². The smallest absolute Gasteiger partial charge is 0.0541 e. The van der Waals surface area contributed by atoms with Crippen LogP contribution in [-0.2, 0) is 0 Å². The van der Waals surface area contributed by atoms with Gasteiger partial charge in [0.15, 0.2) is 0 Å². The largest absolute Gasteiger partial charge is 0.378 e. The maximum Gasteiger partial charge on any atom is 0.0541 e. The Morgan fingerprint density at radius 3 is 1.49 bits per heavy atom. The Morgan fingerprint density at radius 2 is 0.974 bits per heavy atom. The van der Waals surface area contributed by atoms with Crippen LogP contribution in [0.3, 0.4) is 0 Å². The zero-order valence-electron chi connectivity index (χ0n) is 21.5. The van der Waals surface area contributed by atoms with E-state index in [1.165, 1.54) is 55.0 Å². The lowest BCUT2D eigenvalue weighted by Crippen LogP contribution is -2.20. The maximum atomic E-state index is 3.77. The van der Waals surface area contributed by atoms with E-state index in [4.69, 9.17) is 0 Å². The predicted octanol–water partition coefficient (Wildman–Crippen LogP) is 9.17. The molecule has 0 amide bonds. The summed E-state index contributed by atoms with van der Waals surface area (Å²) >= 11 is 0. The highest BCUT2D eigenvalue weighted by atomic mass is 15.0. The molecule has 2 aromatic heterocycles. The summed E-state index contributed by atoms with van der Waals surface area (Å²) in [7, 11) is 0. The number of hydrogen-bond donors (Lipinski definition) is 1. The minimum Gasteiger partial charge on any atom is -0.378 e. The molecule has 3 heteroatoms. The second kappa shape index (κ2) is 8.78. The van der Waals surface area contributed by atoms with Gasteiger partial charge >= 0.3 is 0 Å². The number of hydrogen-bond acceptors (Lipinski definition) is 1. The SMILES string of the molecule is C1=CC(Nc2ccc(-n3c4ccccc4c4ccccc43)cc2)CC(n2c3ccccc3c3ccccc32)=C1. The number of para-hydroxylation sites is 4. The Bertz CT molecular complexity index is 1960. The summed E-state index contributed by atoms with van der Waals surface area (Å²) < 4.78 is 4.78. The van der Waals surface area contributed by atoms with Gasteiger partial charge < -0.3 is 14.5 Å². The first-order valence-corrected chi connectivity index (χ1v) is 13.6. The van der Waals surface area contributed by atoms with Gasteiger partial charge in [0.1, 0.15) is 0 Å². The lowest BCUT2D eigenvalue weighted by atomic mass is 10.0. The van der Waals surface area contributed by atoms with Crippen molar-refractivity contribution in [3.8, 4) is 5.69 Å². The zero-order chi connectivity index (χ0) is 25.8. The molecule has 0 fully saturated rings. The lowest BCUT2D eigenvalue weighted by Gasteiger charge is -2.23. The van der Waals surface area contributed by atoms with Gasteiger partial charge in [0.05, 0.1) is 28.1 Å². The fourth-order valence-electron chi connectivity index (χ4n) is 6.28. The third-order valence-electron chi connectivity index (χ3n) is 7.99. The molecule has 2 heterocycles. The molecule has 7 aromatic rings. The molecule has 186 valence electrons. The molecule has 0 radical (unpaired) electrons. The highest BCUT2D eigenvalue weighted by Gasteiger charge is 2.18. The molecule has 1 unspecified atom stereocenters. The Balaban J connectivity index is 1.10. The summed E-state index contributed by atoms with van der Waals surface area (Å²) in [6.07, 6.45) is 7.61. The molecule has 0 aliphatic heterocycles. The molecular formula is C36H27N3. The summed E-state index contributed by atoms with van der Waals surface area (Å²) in [5, 5.41) is 8.93. The topological polar surface area (TPSA) is 21.9 Å². The van der Waals surface area contributed by atoms with Crippen molar-refractivity contribution in [2.24, 2.45) is 0 Å². The van der Waals surface area contributed by atoms with Crippen LogP contribution in [0.25, 0.3) is 55.0 Å². The van der Waals surface area contributed by atoms with Crippen LogP contribution >= 0.6 is 0 Å². The number of aromatic nitrogens is 2. The molecule has 0 spiro atoms. The average molecular weight is 502 g/mol. The number of nitrogens with zero attached hydrogens (tertiary/aromatic N) is 2. The molecule has 0 bridgehead atoms. The molecule has 8 rings (SSSR count). The third-order valence-corrected chi connectivity index (χ3v) is 7.99. The van der Waals surface area contributed by atoms with Crippen molar-refractivity contribution in [1.82, 2.24) is 9.13 Å². The van der Waals surface area contributed by atoms with E-state index in [1.54, 1.807) is 0 Å². The monoisotopic (exact) mass is 501 g/mol. The Labute approximate surface area is 226 Å². The second-order valence-corrected chi connectivity index (χ2v) is 10.3. The van der Waals surface area contributed by atoms with Crippen molar-refractivity contribution in [3.05, 3.63) is 140 Å². The van der Waals surface area contributed by atoms with Gasteiger partial charge in [-0.15, -0.1) is 0 Å². The van der Waals surface area contributed by atoms with Crippen LogP contribution in [0.15, 0.2) is 140 Å². The minimum absolute atomic E-state index is 0.212. The fraction of sp³-hybridized carbons (Fsp3) is 0.0556. The van der Waals surface area contributed by atoms with E-state index in [9.17, 15) is 0 Å². The van der Waals surface area contributed by atoms with Crippen LogP contribution in [0.4, 0.5) is 5.69 Å². The summed E-state index contributed by atoms with van der Waals surface area (Å²) in [4.78, 5) is 0. The molecule has 1 N–H and O–H groups in total. The zero-order valence-corrected chi connectivity index (χ0v) is 21.5. The number of benzene rings is 5. The van der Waals surface area contributed by atoms with Crippen LogP contribution in [0, 0.1) is 0 Å². The third kappa shape index (κ3) is 3.51. The van der Waals surface area contributed by atoms with Crippen molar-refractivity contribution >= 4 is 55.0 Å². The van der Waals surface area contributed by atoms with E-state index in [0.717, 1.165) is 12.1 Å². The minimum atomic E-state index is 0.212. The van der Waals surface area contributed by atoms with Crippen LogP contribution in [0.5, 0.6) is 0 Å². The molecule has 3 nitrogen and oxygen atoms in total. The number of rotatable bonds is 4. The summed E-state index contributed by atoms with van der Waals surface area (Å²) in [6.45, 7) is 0. The first kappa shape index (κ1) is 22.0. The lowest BCUT2D eigenvalue weighted by molar-refractivity contribution is 0.863. The van der Waals surface area contributed by atoms with Crippen LogP contribution < -0.4 is 5.32 Å². The van der Waals surface area contributed by atoms with Gasteiger partial charge in [-0.05, 0) is 54.6 Å². The van der Waals surface area contributed by atoms with Crippen LogP contribution in [-0.4, -0.2) is 15.2 Å². The summed E-state index contributed by atoms with van der Waals surface area (Å²) in [5.41, 5.74) is 8.57. The molecular weight excluding hydrogens is 474 g/mol. The second-order valence-electron chi connectivity index (χ2n) is 10.3. The van der Waals surface area contributed by atoms with E-state index in [2.05, 4.69) is 154 Å². The van der Waals surface area contributed by atoms with Crippen molar-refractivity contribution in [3.63, 3.8) is 0 Å². The molecule has 1 atom stereocenters.